The first-order valence-corrected chi connectivity index (χ1v) is 7.94. The molecule has 1 aromatic carbocycles. The fourth-order valence-electron chi connectivity index (χ4n) is 2.59. The van der Waals surface area contributed by atoms with Crippen molar-refractivity contribution in [3.63, 3.8) is 0 Å². The van der Waals surface area contributed by atoms with Gasteiger partial charge in [-0.3, -0.25) is 4.79 Å². The quantitative estimate of drug-likeness (QED) is 0.922. The lowest BCUT2D eigenvalue weighted by molar-refractivity contribution is -0.123. The van der Waals surface area contributed by atoms with Gasteiger partial charge < -0.3 is 5.32 Å². The Morgan fingerprint density at radius 1 is 1.43 bits per heavy atom. The molecule has 0 aliphatic heterocycles. The molecular weight excluding hydrogens is 287 g/mol. The van der Waals surface area contributed by atoms with Crippen molar-refractivity contribution in [2.45, 2.75) is 31.6 Å². The minimum atomic E-state index is -0.649. The van der Waals surface area contributed by atoms with Crippen molar-refractivity contribution in [2.24, 2.45) is 0 Å². The van der Waals surface area contributed by atoms with Crippen LogP contribution in [0.15, 0.2) is 29.6 Å². The number of rotatable bonds is 5. The van der Waals surface area contributed by atoms with Gasteiger partial charge in [0.15, 0.2) is 0 Å². The second-order valence-corrected chi connectivity index (χ2v) is 6.49. The van der Waals surface area contributed by atoms with Crippen molar-refractivity contribution in [3.8, 4) is 0 Å². The minimum Gasteiger partial charge on any atom is -0.355 e. The molecule has 1 amide bonds. The van der Waals surface area contributed by atoms with Crippen LogP contribution in [0.2, 0.25) is 0 Å². The fourth-order valence-corrected chi connectivity index (χ4v) is 3.24. The number of hydrogen-bond acceptors (Lipinski definition) is 3. The van der Waals surface area contributed by atoms with E-state index >= 15 is 0 Å². The number of thiazole rings is 1. The molecule has 1 aliphatic carbocycles. The summed E-state index contributed by atoms with van der Waals surface area (Å²) in [5.74, 6) is -0.361. The van der Waals surface area contributed by atoms with Crippen LogP contribution < -0.4 is 5.32 Å². The lowest BCUT2D eigenvalue weighted by Gasteiger charge is -2.16. The Labute approximate surface area is 127 Å². The van der Waals surface area contributed by atoms with E-state index in [4.69, 9.17) is 0 Å². The largest absolute Gasteiger partial charge is 0.355 e. The highest BCUT2D eigenvalue weighted by Crippen LogP contribution is 2.49. The lowest BCUT2D eigenvalue weighted by atomic mass is 9.94. The molecule has 1 N–H and O–H groups in total. The molecule has 3 nitrogen and oxygen atoms in total. The molecule has 1 aliphatic rings. The Bertz CT molecular complexity index is 664. The van der Waals surface area contributed by atoms with Crippen LogP contribution in [-0.2, 0) is 16.6 Å². The van der Waals surface area contributed by atoms with Gasteiger partial charge in [-0.05, 0) is 25.8 Å². The molecule has 0 unspecified atom stereocenters. The predicted molar refractivity (Wildman–Crippen MR) is 80.9 cm³/mol. The van der Waals surface area contributed by atoms with Gasteiger partial charge in [-0.2, -0.15) is 0 Å². The summed E-state index contributed by atoms with van der Waals surface area (Å²) < 4.78 is 13.9. The molecule has 1 heterocycles. The van der Waals surface area contributed by atoms with Gasteiger partial charge in [-0.15, -0.1) is 11.3 Å². The number of carbonyl (C=O) groups excluding carboxylic acids is 1. The maximum Gasteiger partial charge on any atom is 0.230 e. The zero-order valence-corrected chi connectivity index (χ0v) is 12.7. The summed E-state index contributed by atoms with van der Waals surface area (Å²) in [6.07, 6.45) is 2.15. The Hall–Kier alpha value is -1.75. The topological polar surface area (TPSA) is 42.0 Å². The van der Waals surface area contributed by atoms with E-state index in [1.807, 2.05) is 12.3 Å². The Morgan fingerprint density at radius 2 is 2.19 bits per heavy atom. The molecule has 110 valence electrons. The van der Waals surface area contributed by atoms with Gasteiger partial charge >= 0.3 is 0 Å². The number of benzene rings is 1. The number of nitrogens with one attached hydrogen (secondary N) is 1. The number of aromatic nitrogens is 1. The highest BCUT2D eigenvalue weighted by atomic mass is 32.1. The van der Waals surface area contributed by atoms with Gasteiger partial charge in [-0.1, -0.05) is 18.2 Å². The molecule has 3 rings (SSSR count). The van der Waals surface area contributed by atoms with E-state index in [0.717, 1.165) is 23.5 Å². The van der Waals surface area contributed by atoms with E-state index in [1.54, 1.807) is 29.5 Å². The zero-order chi connectivity index (χ0) is 14.9. The van der Waals surface area contributed by atoms with E-state index in [2.05, 4.69) is 10.3 Å². The van der Waals surface area contributed by atoms with Crippen LogP contribution in [0.3, 0.4) is 0 Å². The molecular formula is C16H17FN2OS. The maximum atomic E-state index is 13.9. The summed E-state index contributed by atoms with van der Waals surface area (Å²) in [7, 11) is 0. The number of aryl methyl sites for hydroxylation is 1. The van der Waals surface area contributed by atoms with Crippen LogP contribution in [0.5, 0.6) is 0 Å². The van der Waals surface area contributed by atoms with Crippen molar-refractivity contribution in [1.82, 2.24) is 10.3 Å². The normalized spacial score (nSPS) is 15.7. The van der Waals surface area contributed by atoms with Crippen molar-refractivity contribution < 1.29 is 9.18 Å². The van der Waals surface area contributed by atoms with Gasteiger partial charge in [0.05, 0.1) is 16.1 Å². The third-order valence-electron chi connectivity index (χ3n) is 3.91. The van der Waals surface area contributed by atoms with Gasteiger partial charge in [-0.25, -0.2) is 9.37 Å². The number of nitrogens with zero attached hydrogens (tertiary/aromatic N) is 1. The maximum absolute atomic E-state index is 13.9. The van der Waals surface area contributed by atoms with Crippen LogP contribution in [0.1, 0.15) is 29.1 Å². The van der Waals surface area contributed by atoms with Crippen LogP contribution in [0, 0.1) is 12.7 Å². The predicted octanol–water partition coefficient (Wildman–Crippen LogP) is 2.98. The summed E-state index contributed by atoms with van der Waals surface area (Å²) in [4.78, 5) is 16.7. The van der Waals surface area contributed by atoms with Crippen molar-refractivity contribution in [3.05, 3.63) is 51.7 Å². The van der Waals surface area contributed by atoms with Crippen LogP contribution in [-0.4, -0.2) is 17.4 Å². The first-order valence-electron chi connectivity index (χ1n) is 7.06. The van der Waals surface area contributed by atoms with Crippen LogP contribution in [0.4, 0.5) is 4.39 Å². The molecule has 21 heavy (non-hydrogen) atoms. The number of hydrogen-bond donors (Lipinski definition) is 1. The Morgan fingerprint density at radius 3 is 2.81 bits per heavy atom. The molecule has 0 saturated heterocycles. The van der Waals surface area contributed by atoms with Gasteiger partial charge in [0.2, 0.25) is 5.91 Å². The average Bonchev–Trinajstić information content (AvgIpc) is 3.17. The second-order valence-electron chi connectivity index (χ2n) is 5.43. The molecule has 1 fully saturated rings. The van der Waals surface area contributed by atoms with Gasteiger partial charge in [0, 0.05) is 23.9 Å². The summed E-state index contributed by atoms with van der Waals surface area (Å²) in [5.41, 5.74) is 0.865. The fraction of sp³-hybridized carbons (Fsp3) is 0.375. The third-order valence-corrected chi connectivity index (χ3v) is 4.73. The SMILES string of the molecule is Cc1nc(CCNC(=O)C2(c3ccccc3F)CC2)cs1. The molecule has 0 bridgehead atoms. The smallest absolute Gasteiger partial charge is 0.230 e. The van der Waals surface area contributed by atoms with E-state index in [1.165, 1.54) is 6.07 Å². The number of amides is 1. The summed E-state index contributed by atoms with van der Waals surface area (Å²) in [5, 5.41) is 5.96. The summed E-state index contributed by atoms with van der Waals surface area (Å²) in [6.45, 7) is 2.50. The monoisotopic (exact) mass is 304 g/mol. The molecule has 5 heteroatoms. The van der Waals surface area contributed by atoms with E-state index in [-0.39, 0.29) is 11.7 Å². The van der Waals surface area contributed by atoms with Crippen molar-refractivity contribution >= 4 is 17.2 Å². The highest BCUT2D eigenvalue weighted by molar-refractivity contribution is 7.09. The number of carbonyl (C=O) groups is 1. The lowest BCUT2D eigenvalue weighted by Crippen LogP contribution is -2.36. The summed E-state index contributed by atoms with van der Waals surface area (Å²) >= 11 is 1.61. The molecule has 0 atom stereocenters. The second kappa shape index (κ2) is 5.56. The summed E-state index contributed by atoms with van der Waals surface area (Å²) in [6, 6.07) is 6.56. The van der Waals surface area contributed by atoms with Gasteiger partial charge in [0.1, 0.15) is 5.82 Å². The number of halogens is 1. The first kappa shape index (κ1) is 14.2. The molecule has 0 radical (unpaired) electrons. The Balaban J connectivity index is 1.62. The van der Waals surface area contributed by atoms with Gasteiger partial charge in [0.25, 0.3) is 0 Å². The first-order chi connectivity index (χ1) is 10.1. The third kappa shape index (κ3) is 2.83. The van der Waals surface area contributed by atoms with E-state index in [9.17, 15) is 9.18 Å². The molecule has 1 aromatic heterocycles. The molecule has 1 saturated carbocycles. The average molecular weight is 304 g/mol. The zero-order valence-electron chi connectivity index (χ0n) is 11.9. The van der Waals surface area contributed by atoms with Crippen molar-refractivity contribution in [1.29, 1.82) is 0 Å². The molecule has 0 spiro atoms. The highest BCUT2D eigenvalue weighted by Gasteiger charge is 2.52. The Kier molecular flexibility index (Phi) is 3.76. The van der Waals surface area contributed by atoms with E-state index < -0.39 is 5.41 Å². The standard InChI is InChI=1S/C16H17FN2OS/c1-11-19-12(10-21-11)6-9-18-15(20)16(7-8-16)13-4-2-3-5-14(13)17/h2-5,10H,6-9H2,1H3,(H,18,20). The minimum absolute atomic E-state index is 0.0699. The van der Waals surface area contributed by atoms with Crippen LogP contribution in [0.25, 0.3) is 0 Å². The van der Waals surface area contributed by atoms with Crippen LogP contribution >= 0.6 is 11.3 Å². The van der Waals surface area contributed by atoms with E-state index in [0.29, 0.717) is 18.5 Å². The molecule has 2 aromatic rings. The van der Waals surface area contributed by atoms with Crippen molar-refractivity contribution in [2.75, 3.05) is 6.54 Å².